The number of nitrogens with one attached hydrogen (secondary N) is 1. The summed E-state index contributed by atoms with van der Waals surface area (Å²) < 4.78 is 0. The van der Waals surface area contributed by atoms with E-state index in [0.29, 0.717) is 5.92 Å². The van der Waals surface area contributed by atoms with Crippen LogP contribution in [0.25, 0.3) is 0 Å². The van der Waals surface area contributed by atoms with Gasteiger partial charge in [0.05, 0.1) is 0 Å². The summed E-state index contributed by atoms with van der Waals surface area (Å²) in [6, 6.07) is 0. The van der Waals surface area contributed by atoms with E-state index in [-0.39, 0.29) is 0 Å². The molecule has 1 rings (SSSR count). The minimum Gasteiger partial charge on any atom is -0.333 e. The van der Waals surface area contributed by atoms with Gasteiger partial charge in [0, 0.05) is 5.92 Å². The molecular weight excluding hydrogens is 128 g/mol. The lowest BCUT2D eigenvalue weighted by Gasteiger charge is -2.16. The number of carbonyl (C=O) groups excluding carboxylic acids is 1. The topological polar surface area (TPSA) is 55.1 Å². The molecule has 0 aromatic carbocycles. The van der Waals surface area contributed by atoms with Gasteiger partial charge in [-0.3, -0.25) is 0 Å². The molecule has 1 heterocycles. The number of aldehydes is 1. The lowest BCUT2D eigenvalue weighted by atomic mass is 10.0. The van der Waals surface area contributed by atoms with Crippen molar-refractivity contribution in [3.05, 3.63) is 0 Å². The molecule has 3 N–H and O–H groups in total. The van der Waals surface area contributed by atoms with Gasteiger partial charge in [0.2, 0.25) is 0 Å². The van der Waals surface area contributed by atoms with Crippen LogP contribution in [0, 0.1) is 5.92 Å². The number of nitrogens with two attached hydrogens (primary N) is 1. The van der Waals surface area contributed by atoms with E-state index in [1.807, 2.05) is 0 Å². The van der Waals surface area contributed by atoms with Gasteiger partial charge in [-0.1, -0.05) is 0 Å². The highest BCUT2D eigenvalue weighted by Crippen LogP contribution is 2.06. The summed E-state index contributed by atoms with van der Waals surface area (Å²) in [5.41, 5.74) is 4.50. The van der Waals surface area contributed by atoms with Crippen molar-refractivity contribution >= 4 is 6.29 Å². The van der Waals surface area contributed by atoms with Gasteiger partial charge in [0.25, 0.3) is 0 Å². The zero-order chi connectivity index (χ0) is 7.82. The zero-order valence-corrected chi connectivity index (χ0v) is 6.47. The normalized spacial score (nSPS) is 19.0. The Morgan fingerprint density at radius 2 is 1.90 bits per heavy atom. The second-order valence-electron chi connectivity index (χ2n) is 2.22. The van der Waals surface area contributed by atoms with Gasteiger partial charge in [-0.15, -0.1) is 0 Å². The highest BCUT2D eigenvalue weighted by Gasteiger charge is 2.09. The Bertz CT molecular complexity index is 79.7. The Kier molecular flexibility index (Phi) is 6.43. The quantitative estimate of drug-likeness (QED) is 0.499. The van der Waals surface area contributed by atoms with Crippen molar-refractivity contribution in [3.63, 3.8) is 0 Å². The first-order valence-corrected chi connectivity index (χ1v) is 3.67. The van der Waals surface area contributed by atoms with Crippen LogP contribution in [0.15, 0.2) is 0 Å². The molecule has 0 spiro atoms. The van der Waals surface area contributed by atoms with Crippen LogP contribution in [0.3, 0.4) is 0 Å². The molecular formula is C7H16N2O. The zero-order valence-electron chi connectivity index (χ0n) is 6.47. The Labute approximate surface area is 62.0 Å². The molecule has 1 aliphatic rings. The average molecular weight is 144 g/mol. The maximum absolute atomic E-state index is 10.1. The molecule has 10 heavy (non-hydrogen) atoms. The molecule has 0 radical (unpaired) electrons. The maximum Gasteiger partial charge on any atom is 0.123 e. The first-order chi connectivity index (χ1) is 4.93. The Morgan fingerprint density at radius 3 is 2.20 bits per heavy atom. The lowest BCUT2D eigenvalue weighted by Crippen LogP contribution is -2.28. The van der Waals surface area contributed by atoms with Crippen LogP contribution >= 0.6 is 0 Å². The van der Waals surface area contributed by atoms with E-state index in [9.17, 15) is 4.79 Å². The smallest absolute Gasteiger partial charge is 0.123 e. The monoisotopic (exact) mass is 144 g/mol. The molecule has 0 aromatic heterocycles. The van der Waals surface area contributed by atoms with E-state index in [1.54, 1.807) is 0 Å². The molecule has 0 atom stereocenters. The highest BCUT2D eigenvalue weighted by molar-refractivity contribution is 5.53. The summed E-state index contributed by atoms with van der Waals surface area (Å²) in [4.78, 5) is 10.1. The van der Waals surface area contributed by atoms with E-state index in [0.717, 1.165) is 32.2 Å². The van der Waals surface area contributed by atoms with Gasteiger partial charge in [0.15, 0.2) is 0 Å². The molecule has 0 amide bonds. The van der Waals surface area contributed by atoms with Gasteiger partial charge in [0.1, 0.15) is 6.29 Å². The van der Waals surface area contributed by atoms with Gasteiger partial charge in [-0.2, -0.15) is 0 Å². The van der Waals surface area contributed by atoms with Crippen LogP contribution in [0.2, 0.25) is 0 Å². The van der Waals surface area contributed by atoms with Crippen LogP contribution in [-0.2, 0) is 4.79 Å². The minimum atomic E-state index is 0.344. The third kappa shape index (κ3) is 3.58. The summed E-state index contributed by atoms with van der Waals surface area (Å²) in [6.45, 7) is 2.03. The fraction of sp³-hybridized carbons (Fsp3) is 0.857. The third-order valence-corrected chi connectivity index (χ3v) is 1.58. The molecule has 1 aliphatic heterocycles. The molecule has 0 bridgehead atoms. The average Bonchev–Trinajstić information content (AvgIpc) is 2.10. The standard InChI is InChI=1S/C6H11NO.CH5N/c8-5-6-1-3-7-4-2-6;1-2/h5-7H,1-4H2;2H2,1H3. The number of piperidine rings is 1. The molecule has 0 saturated carbocycles. The SMILES string of the molecule is CN.O=CC1CCNCC1. The van der Waals surface area contributed by atoms with Crippen molar-refractivity contribution < 1.29 is 4.79 Å². The van der Waals surface area contributed by atoms with Crippen molar-refractivity contribution in [2.45, 2.75) is 12.8 Å². The fourth-order valence-corrected chi connectivity index (χ4v) is 0.980. The Hall–Kier alpha value is -0.410. The van der Waals surface area contributed by atoms with Gasteiger partial charge in [-0.05, 0) is 33.0 Å². The van der Waals surface area contributed by atoms with Crippen molar-refractivity contribution in [1.29, 1.82) is 0 Å². The largest absolute Gasteiger partial charge is 0.333 e. The van der Waals surface area contributed by atoms with E-state index in [2.05, 4.69) is 11.1 Å². The molecule has 1 fully saturated rings. The van der Waals surface area contributed by atoms with Crippen molar-refractivity contribution in [3.8, 4) is 0 Å². The molecule has 3 heteroatoms. The molecule has 0 aromatic rings. The molecule has 0 aliphatic carbocycles. The predicted molar refractivity (Wildman–Crippen MR) is 41.8 cm³/mol. The predicted octanol–water partition coefficient (Wildman–Crippen LogP) is -0.240. The lowest BCUT2D eigenvalue weighted by molar-refractivity contribution is -0.111. The van der Waals surface area contributed by atoms with Crippen LogP contribution in [0.1, 0.15) is 12.8 Å². The highest BCUT2D eigenvalue weighted by atomic mass is 16.1. The fourth-order valence-electron chi connectivity index (χ4n) is 0.980. The molecule has 1 saturated heterocycles. The first-order valence-electron chi connectivity index (χ1n) is 3.67. The van der Waals surface area contributed by atoms with Gasteiger partial charge in [-0.25, -0.2) is 0 Å². The Balaban J connectivity index is 0.000000371. The third-order valence-electron chi connectivity index (χ3n) is 1.58. The summed E-state index contributed by atoms with van der Waals surface area (Å²) >= 11 is 0. The summed E-state index contributed by atoms with van der Waals surface area (Å²) in [5, 5.41) is 3.19. The van der Waals surface area contributed by atoms with E-state index >= 15 is 0 Å². The van der Waals surface area contributed by atoms with Gasteiger partial charge < -0.3 is 15.8 Å². The van der Waals surface area contributed by atoms with E-state index < -0.39 is 0 Å². The van der Waals surface area contributed by atoms with Crippen molar-refractivity contribution in [1.82, 2.24) is 5.32 Å². The van der Waals surface area contributed by atoms with Crippen LogP contribution in [0.4, 0.5) is 0 Å². The maximum atomic E-state index is 10.1. The summed E-state index contributed by atoms with van der Waals surface area (Å²) in [6.07, 6.45) is 3.13. The number of rotatable bonds is 1. The summed E-state index contributed by atoms with van der Waals surface area (Å²) in [5.74, 6) is 0.344. The second-order valence-corrected chi connectivity index (χ2v) is 2.22. The Morgan fingerprint density at radius 1 is 1.40 bits per heavy atom. The molecule has 3 nitrogen and oxygen atoms in total. The molecule has 0 unspecified atom stereocenters. The van der Waals surface area contributed by atoms with Crippen LogP contribution in [-0.4, -0.2) is 26.4 Å². The van der Waals surface area contributed by atoms with Gasteiger partial charge >= 0.3 is 0 Å². The second kappa shape index (κ2) is 6.71. The van der Waals surface area contributed by atoms with E-state index in [1.165, 1.54) is 7.05 Å². The van der Waals surface area contributed by atoms with Crippen molar-refractivity contribution in [2.75, 3.05) is 20.1 Å². The van der Waals surface area contributed by atoms with Crippen molar-refractivity contribution in [2.24, 2.45) is 11.7 Å². The summed E-state index contributed by atoms with van der Waals surface area (Å²) in [7, 11) is 1.50. The molecule has 60 valence electrons. The first kappa shape index (κ1) is 9.59. The number of hydrogen-bond donors (Lipinski definition) is 2. The minimum absolute atomic E-state index is 0.344. The number of hydrogen-bond acceptors (Lipinski definition) is 3. The number of carbonyl (C=O) groups is 1. The van der Waals surface area contributed by atoms with E-state index in [4.69, 9.17) is 0 Å². The van der Waals surface area contributed by atoms with Crippen LogP contribution < -0.4 is 11.1 Å². The van der Waals surface area contributed by atoms with Crippen LogP contribution in [0.5, 0.6) is 0 Å².